The Morgan fingerprint density at radius 2 is 1.65 bits per heavy atom. The van der Waals surface area contributed by atoms with Gasteiger partial charge in [0, 0.05) is 6.04 Å². The van der Waals surface area contributed by atoms with Crippen LogP contribution in [0.1, 0.15) is 52.9 Å². The second-order valence-corrected chi connectivity index (χ2v) is 6.07. The summed E-state index contributed by atoms with van der Waals surface area (Å²) in [6.45, 7) is 7.81. The summed E-state index contributed by atoms with van der Waals surface area (Å²) in [5.74, 6) is 0.449. The standard InChI is InChI=1S/C14H27NO2/c1-11(12-7-5-4-6-8-12)15-13-9-16-14(2,3)17-10-13/h11-13,15H,4-10H2,1-3H3/t11-/m1/s1. The summed E-state index contributed by atoms with van der Waals surface area (Å²) in [5, 5.41) is 3.68. The molecule has 0 aromatic rings. The summed E-state index contributed by atoms with van der Waals surface area (Å²) in [6, 6.07) is 0.952. The van der Waals surface area contributed by atoms with Crippen LogP contribution >= 0.6 is 0 Å². The molecule has 3 heteroatoms. The topological polar surface area (TPSA) is 30.5 Å². The van der Waals surface area contributed by atoms with Gasteiger partial charge in [-0.1, -0.05) is 19.3 Å². The Balaban J connectivity index is 1.73. The van der Waals surface area contributed by atoms with Crippen LogP contribution in [0.2, 0.25) is 0 Å². The van der Waals surface area contributed by atoms with E-state index >= 15 is 0 Å². The van der Waals surface area contributed by atoms with Gasteiger partial charge in [-0.2, -0.15) is 0 Å². The van der Waals surface area contributed by atoms with E-state index in [2.05, 4.69) is 12.2 Å². The van der Waals surface area contributed by atoms with Gasteiger partial charge in [0.15, 0.2) is 5.79 Å². The van der Waals surface area contributed by atoms with E-state index in [1.807, 2.05) is 13.8 Å². The van der Waals surface area contributed by atoms with E-state index in [9.17, 15) is 0 Å². The first-order valence-corrected chi connectivity index (χ1v) is 7.11. The molecule has 0 unspecified atom stereocenters. The Hall–Kier alpha value is -0.120. The summed E-state index contributed by atoms with van der Waals surface area (Å²) in [4.78, 5) is 0. The molecule has 1 saturated carbocycles. The lowest BCUT2D eigenvalue weighted by molar-refractivity contribution is -0.253. The van der Waals surface area contributed by atoms with E-state index in [1.54, 1.807) is 0 Å². The fraction of sp³-hybridized carbons (Fsp3) is 1.00. The second-order valence-electron chi connectivity index (χ2n) is 6.07. The normalized spacial score (nSPS) is 29.1. The maximum Gasteiger partial charge on any atom is 0.162 e. The van der Waals surface area contributed by atoms with Crippen molar-refractivity contribution in [3.63, 3.8) is 0 Å². The van der Waals surface area contributed by atoms with Crippen molar-refractivity contribution < 1.29 is 9.47 Å². The highest BCUT2D eigenvalue weighted by Gasteiger charge is 2.30. The predicted molar refractivity (Wildman–Crippen MR) is 68.9 cm³/mol. The lowest BCUT2D eigenvalue weighted by Gasteiger charge is -2.38. The average molecular weight is 241 g/mol. The highest BCUT2D eigenvalue weighted by Crippen LogP contribution is 2.27. The van der Waals surface area contributed by atoms with E-state index in [0.717, 1.165) is 19.1 Å². The first-order valence-electron chi connectivity index (χ1n) is 7.11. The Kier molecular flexibility index (Phi) is 4.45. The van der Waals surface area contributed by atoms with E-state index in [0.29, 0.717) is 12.1 Å². The number of nitrogens with one attached hydrogen (secondary N) is 1. The lowest BCUT2D eigenvalue weighted by atomic mass is 9.84. The van der Waals surface area contributed by atoms with Crippen LogP contribution < -0.4 is 5.32 Å². The van der Waals surface area contributed by atoms with Gasteiger partial charge in [-0.05, 0) is 39.5 Å². The van der Waals surface area contributed by atoms with Crippen molar-refractivity contribution in [1.82, 2.24) is 5.32 Å². The second kappa shape index (κ2) is 5.68. The van der Waals surface area contributed by atoms with Gasteiger partial charge in [-0.3, -0.25) is 0 Å². The molecule has 1 aliphatic carbocycles. The van der Waals surface area contributed by atoms with Gasteiger partial charge in [0.1, 0.15) is 0 Å². The van der Waals surface area contributed by atoms with Crippen molar-refractivity contribution in [2.75, 3.05) is 13.2 Å². The molecule has 3 nitrogen and oxygen atoms in total. The van der Waals surface area contributed by atoms with E-state index in [-0.39, 0.29) is 0 Å². The van der Waals surface area contributed by atoms with E-state index in [1.165, 1.54) is 32.1 Å². The van der Waals surface area contributed by atoms with Crippen LogP contribution in [0.3, 0.4) is 0 Å². The first kappa shape index (κ1) is 13.3. The van der Waals surface area contributed by atoms with E-state index < -0.39 is 5.79 Å². The van der Waals surface area contributed by atoms with Crippen molar-refractivity contribution in [2.24, 2.45) is 5.92 Å². The zero-order valence-corrected chi connectivity index (χ0v) is 11.5. The third-order valence-electron chi connectivity index (χ3n) is 4.12. The van der Waals surface area contributed by atoms with Crippen LogP contribution in [0.5, 0.6) is 0 Å². The predicted octanol–water partition coefficient (Wildman–Crippen LogP) is 2.70. The van der Waals surface area contributed by atoms with Crippen LogP contribution in [0, 0.1) is 5.92 Å². The molecule has 2 rings (SSSR count). The molecule has 100 valence electrons. The van der Waals surface area contributed by atoms with Gasteiger partial charge in [0.05, 0.1) is 19.3 Å². The zero-order valence-electron chi connectivity index (χ0n) is 11.5. The fourth-order valence-corrected chi connectivity index (χ4v) is 2.93. The molecular formula is C14H27NO2. The largest absolute Gasteiger partial charge is 0.349 e. The molecular weight excluding hydrogens is 214 g/mol. The molecule has 0 bridgehead atoms. The van der Waals surface area contributed by atoms with Gasteiger partial charge >= 0.3 is 0 Å². The Labute approximate surface area is 105 Å². The van der Waals surface area contributed by atoms with Crippen LogP contribution in [0.4, 0.5) is 0 Å². The molecule has 0 radical (unpaired) electrons. The summed E-state index contributed by atoms with van der Waals surface area (Å²) < 4.78 is 11.4. The zero-order chi connectivity index (χ0) is 12.3. The molecule has 0 spiro atoms. The molecule has 2 aliphatic rings. The van der Waals surface area contributed by atoms with Crippen molar-refractivity contribution in [3.8, 4) is 0 Å². The van der Waals surface area contributed by atoms with Crippen LogP contribution in [-0.2, 0) is 9.47 Å². The maximum absolute atomic E-state index is 5.68. The van der Waals surface area contributed by atoms with Gasteiger partial charge in [-0.25, -0.2) is 0 Å². The van der Waals surface area contributed by atoms with Gasteiger partial charge in [0.2, 0.25) is 0 Å². The highest BCUT2D eigenvalue weighted by molar-refractivity contribution is 4.81. The summed E-state index contributed by atoms with van der Waals surface area (Å²) in [7, 11) is 0. The molecule has 0 amide bonds. The SMILES string of the molecule is C[C@@H](NC1COC(C)(C)OC1)C1CCCCC1. The monoisotopic (exact) mass is 241 g/mol. The molecule has 1 atom stereocenters. The Morgan fingerprint density at radius 1 is 1.06 bits per heavy atom. The molecule has 0 aromatic heterocycles. The average Bonchev–Trinajstić information content (AvgIpc) is 2.33. The Morgan fingerprint density at radius 3 is 2.24 bits per heavy atom. The molecule has 1 aliphatic heterocycles. The number of hydrogen-bond acceptors (Lipinski definition) is 3. The minimum Gasteiger partial charge on any atom is -0.349 e. The number of rotatable bonds is 3. The molecule has 1 saturated heterocycles. The Bertz CT molecular complexity index is 226. The van der Waals surface area contributed by atoms with Crippen molar-refractivity contribution in [3.05, 3.63) is 0 Å². The minimum atomic E-state index is -0.397. The third-order valence-corrected chi connectivity index (χ3v) is 4.12. The third kappa shape index (κ3) is 3.94. The molecule has 1 N–H and O–H groups in total. The molecule has 0 aromatic carbocycles. The molecule has 2 fully saturated rings. The summed E-state index contributed by atoms with van der Waals surface area (Å²) >= 11 is 0. The van der Waals surface area contributed by atoms with Crippen LogP contribution in [0.25, 0.3) is 0 Å². The summed E-state index contributed by atoms with van der Waals surface area (Å²) in [5.41, 5.74) is 0. The molecule has 17 heavy (non-hydrogen) atoms. The fourth-order valence-electron chi connectivity index (χ4n) is 2.93. The van der Waals surface area contributed by atoms with Crippen LogP contribution in [0.15, 0.2) is 0 Å². The van der Waals surface area contributed by atoms with Gasteiger partial charge in [0.25, 0.3) is 0 Å². The highest BCUT2D eigenvalue weighted by atomic mass is 16.7. The maximum atomic E-state index is 5.68. The van der Waals surface area contributed by atoms with Crippen LogP contribution in [-0.4, -0.2) is 31.1 Å². The smallest absolute Gasteiger partial charge is 0.162 e. The quantitative estimate of drug-likeness (QED) is 0.824. The van der Waals surface area contributed by atoms with Crippen molar-refractivity contribution in [2.45, 2.75) is 70.7 Å². The number of hydrogen-bond donors (Lipinski definition) is 1. The van der Waals surface area contributed by atoms with Crippen molar-refractivity contribution in [1.29, 1.82) is 0 Å². The minimum absolute atomic E-state index is 0.361. The lowest BCUT2D eigenvalue weighted by Crippen LogP contribution is -2.52. The first-order chi connectivity index (χ1) is 8.07. The molecule has 1 heterocycles. The van der Waals surface area contributed by atoms with Gasteiger partial charge in [-0.15, -0.1) is 0 Å². The van der Waals surface area contributed by atoms with Crippen molar-refractivity contribution >= 4 is 0 Å². The summed E-state index contributed by atoms with van der Waals surface area (Å²) in [6.07, 6.45) is 7.00. The van der Waals surface area contributed by atoms with Gasteiger partial charge < -0.3 is 14.8 Å². The van der Waals surface area contributed by atoms with E-state index in [4.69, 9.17) is 9.47 Å². The number of ether oxygens (including phenoxy) is 2.